The molecule has 5 nitrogen and oxygen atoms in total. The maximum atomic E-state index is 11.4. The molecule has 6 heteroatoms. The Balaban J connectivity index is 2.41. The van der Waals surface area contributed by atoms with Crippen molar-refractivity contribution in [2.45, 2.75) is 38.2 Å². The quantitative estimate of drug-likeness (QED) is 0.782. The molecule has 134 valence electrons. The van der Waals surface area contributed by atoms with Crippen molar-refractivity contribution in [3.8, 4) is 0 Å². The highest BCUT2D eigenvalue weighted by Gasteiger charge is 2.43. The molecule has 1 heterocycles. The van der Waals surface area contributed by atoms with Gasteiger partial charge in [-0.15, -0.1) is 0 Å². The monoisotopic (exact) mass is 354 g/mol. The van der Waals surface area contributed by atoms with Crippen LogP contribution in [0.2, 0.25) is 5.02 Å². The number of likely N-dealkylation sites (tertiary alicyclic amines) is 1. The van der Waals surface area contributed by atoms with E-state index in [0.29, 0.717) is 31.3 Å². The van der Waals surface area contributed by atoms with Crippen molar-refractivity contribution in [1.29, 1.82) is 0 Å². The van der Waals surface area contributed by atoms with E-state index in [1.54, 1.807) is 0 Å². The van der Waals surface area contributed by atoms with Gasteiger partial charge < -0.3 is 20.5 Å². The molecule has 24 heavy (non-hydrogen) atoms. The zero-order valence-electron chi connectivity index (χ0n) is 14.2. The molecule has 0 saturated carbocycles. The summed E-state index contributed by atoms with van der Waals surface area (Å²) in [6.07, 6.45) is 2.65. The molecule has 3 N–H and O–H groups in total. The maximum Gasteiger partial charge on any atom is 0.407 e. The highest BCUT2D eigenvalue weighted by atomic mass is 35.5. The number of carboxylic acid groups (broad SMARTS) is 1. The number of nitrogens with zero attached hydrogens (tertiary/aromatic N) is 1. The summed E-state index contributed by atoms with van der Waals surface area (Å²) in [7, 11) is 0. The Labute approximate surface area is 148 Å². The van der Waals surface area contributed by atoms with Crippen LogP contribution in [0.1, 0.15) is 38.2 Å². The second-order valence-electron chi connectivity index (χ2n) is 6.35. The largest absolute Gasteiger partial charge is 0.465 e. The van der Waals surface area contributed by atoms with Gasteiger partial charge in [0.15, 0.2) is 0 Å². The fourth-order valence-corrected chi connectivity index (χ4v) is 3.94. The Bertz CT molecular complexity index is 555. The topological polar surface area (TPSA) is 75.8 Å². The van der Waals surface area contributed by atoms with Gasteiger partial charge in [-0.25, -0.2) is 4.79 Å². The molecule has 1 aliphatic heterocycles. The van der Waals surface area contributed by atoms with Gasteiger partial charge >= 0.3 is 6.09 Å². The zero-order valence-corrected chi connectivity index (χ0v) is 15.0. The van der Waals surface area contributed by atoms with Gasteiger partial charge in [0.2, 0.25) is 0 Å². The van der Waals surface area contributed by atoms with Crippen molar-refractivity contribution in [1.82, 2.24) is 4.90 Å². The molecular weight excluding hydrogens is 328 g/mol. The molecule has 0 spiro atoms. The van der Waals surface area contributed by atoms with Gasteiger partial charge in [-0.2, -0.15) is 0 Å². The third-order valence-electron chi connectivity index (χ3n) is 4.76. The Morgan fingerprint density at radius 1 is 1.54 bits per heavy atom. The third kappa shape index (κ3) is 4.21. The predicted octanol–water partition coefficient (Wildman–Crippen LogP) is 3.70. The van der Waals surface area contributed by atoms with Crippen LogP contribution in [0, 0.1) is 5.92 Å². The summed E-state index contributed by atoms with van der Waals surface area (Å²) in [5.74, 6) is 0.0901. The van der Waals surface area contributed by atoms with E-state index in [-0.39, 0.29) is 5.92 Å². The number of benzene rings is 1. The molecule has 0 radical (unpaired) electrons. The number of halogens is 1. The van der Waals surface area contributed by atoms with Crippen molar-refractivity contribution in [2.24, 2.45) is 11.7 Å². The van der Waals surface area contributed by atoms with Crippen LogP contribution in [0.15, 0.2) is 24.3 Å². The van der Waals surface area contributed by atoms with Crippen molar-refractivity contribution in [3.05, 3.63) is 34.9 Å². The van der Waals surface area contributed by atoms with Gasteiger partial charge in [0.1, 0.15) is 0 Å². The highest BCUT2D eigenvalue weighted by molar-refractivity contribution is 6.30. The van der Waals surface area contributed by atoms with Crippen LogP contribution in [-0.2, 0) is 10.3 Å². The minimum Gasteiger partial charge on any atom is -0.465 e. The van der Waals surface area contributed by atoms with Gasteiger partial charge in [-0.1, -0.05) is 37.1 Å². The summed E-state index contributed by atoms with van der Waals surface area (Å²) < 4.78 is 6.32. The molecule has 1 fully saturated rings. The number of piperidine rings is 1. The average molecular weight is 355 g/mol. The lowest BCUT2D eigenvalue weighted by Gasteiger charge is -2.45. The lowest BCUT2D eigenvalue weighted by Crippen LogP contribution is -2.49. The number of nitrogens with two attached hydrogens (primary N) is 1. The van der Waals surface area contributed by atoms with Crippen molar-refractivity contribution < 1.29 is 14.6 Å². The standard InChI is InChI=1S/C18H27ClN2O3/c1-2-8-18(24-11-9-20,14-5-3-7-16(19)12-14)15-6-4-10-21(13-15)17(22)23/h3,5,7,12,15H,2,4,6,8-11,13,20H2,1H3,(H,22,23). The molecule has 2 rings (SSSR count). The van der Waals surface area contributed by atoms with Gasteiger partial charge in [0, 0.05) is 30.6 Å². The van der Waals surface area contributed by atoms with Crippen molar-refractivity contribution in [3.63, 3.8) is 0 Å². The van der Waals surface area contributed by atoms with Crippen molar-refractivity contribution >= 4 is 17.7 Å². The Morgan fingerprint density at radius 2 is 2.33 bits per heavy atom. The van der Waals surface area contributed by atoms with Crippen LogP contribution in [0.3, 0.4) is 0 Å². The number of carbonyl (C=O) groups is 1. The summed E-state index contributed by atoms with van der Waals surface area (Å²) in [6, 6.07) is 7.73. The second kappa shape index (κ2) is 8.70. The Morgan fingerprint density at radius 3 is 2.96 bits per heavy atom. The fourth-order valence-electron chi connectivity index (χ4n) is 3.75. The van der Waals surface area contributed by atoms with Gasteiger partial charge in [-0.3, -0.25) is 0 Å². The minimum atomic E-state index is -0.866. The molecule has 1 aromatic rings. The van der Waals surface area contributed by atoms with E-state index in [4.69, 9.17) is 22.1 Å². The first-order valence-electron chi connectivity index (χ1n) is 8.61. The Hall–Kier alpha value is -1.30. The number of hydrogen-bond acceptors (Lipinski definition) is 3. The van der Waals surface area contributed by atoms with E-state index in [1.165, 1.54) is 4.90 Å². The summed E-state index contributed by atoms with van der Waals surface area (Å²) in [6.45, 7) is 4.05. The first-order chi connectivity index (χ1) is 11.5. The molecule has 2 unspecified atom stereocenters. The smallest absolute Gasteiger partial charge is 0.407 e. The van der Waals surface area contributed by atoms with Crippen LogP contribution in [0.25, 0.3) is 0 Å². The van der Waals surface area contributed by atoms with E-state index < -0.39 is 11.7 Å². The van der Waals surface area contributed by atoms with Crippen molar-refractivity contribution in [2.75, 3.05) is 26.2 Å². The lowest BCUT2D eigenvalue weighted by molar-refractivity contribution is -0.112. The second-order valence-corrected chi connectivity index (χ2v) is 6.79. The number of amides is 1. The molecule has 1 saturated heterocycles. The zero-order chi connectivity index (χ0) is 17.6. The molecule has 0 bridgehead atoms. The van der Waals surface area contributed by atoms with E-state index in [2.05, 4.69) is 6.92 Å². The predicted molar refractivity (Wildman–Crippen MR) is 95.4 cm³/mol. The van der Waals surface area contributed by atoms with Crippen LogP contribution < -0.4 is 5.73 Å². The first-order valence-corrected chi connectivity index (χ1v) is 8.99. The molecule has 2 atom stereocenters. The normalized spacial score (nSPS) is 20.6. The van der Waals surface area contributed by atoms with Gasteiger partial charge in [0.25, 0.3) is 0 Å². The molecule has 0 aromatic heterocycles. The summed E-state index contributed by atoms with van der Waals surface area (Å²) >= 11 is 6.22. The maximum absolute atomic E-state index is 11.4. The summed E-state index contributed by atoms with van der Waals surface area (Å²) in [5.41, 5.74) is 6.16. The van der Waals surface area contributed by atoms with Gasteiger partial charge in [-0.05, 0) is 37.0 Å². The van der Waals surface area contributed by atoms with Crippen LogP contribution >= 0.6 is 11.6 Å². The molecule has 1 aliphatic rings. The first kappa shape index (κ1) is 19.0. The van der Waals surface area contributed by atoms with E-state index in [1.807, 2.05) is 24.3 Å². The average Bonchev–Trinajstić information content (AvgIpc) is 2.58. The number of ether oxygens (including phenoxy) is 1. The molecule has 0 aliphatic carbocycles. The van der Waals surface area contributed by atoms with E-state index >= 15 is 0 Å². The highest BCUT2D eigenvalue weighted by Crippen LogP contribution is 2.43. The molecule has 1 amide bonds. The molecule has 1 aromatic carbocycles. The van der Waals surface area contributed by atoms with Crippen LogP contribution in [0.4, 0.5) is 4.79 Å². The van der Waals surface area contributed by atoms with Gasteiger partial charge in [0.05, 0.1) is 12.2 Å². The third-order valence-corrected chi connectivity index (χ3v) is 5.00. The SMILES string of the molecule is CCCC(OCCN)(c1cccc(Cl)c1)C1CCCN(C(=O)O)C1. The summed E-state index contributed by atoms with van der Waals surface area (Å²) in [5, 5.41) is 10.0. The van der Waals surface area contributed by atoms with E-state index in [9.17, 15) is 9.90 Å². The summed E-state index contributed by atoms with van der Waals surface area (Å²) in [4.78, 5) is 12.9. The minimum absolute atomic E-state index is 0.0901. The van der Waals surface area contributed by atoms with E-state index in [0.717, 1.165) is 31.2 Å². The Kier molecular flexibility index (Phi) is 6.90. The number of rotatable bonds is 7. The molecular formula is C18H27ClN2O3. The van der Waals surface area contributed by atoms with Crippen LogP contribution in [-0.4, -0.2) is 42.3 Å². The van der Waals surface area contributed by atoms with Crippen LogP contribution in [0.5, 0.6) is 0 Å². The number of hydrogen-bond donors (Lipinski definition) is 2. The lowest BCUT2D eigenvalue weighted by atomic mass is 9.74. The fraction of sp³-hybridized carbons (Fsp3) is 0.611.